The lowest BCUT2D eigenvalue weighted by Crippen LogP contribution is -2.27. The van der Waals surface area contributed by atoms with Crippen molar-refractivity contribution in [3.63, 3.8) is 0 Å². The van der Waals surface area contributed by atoms with E-state index in [0.29, 0.717) is 5.02 Å². The van der Waals surface area contributed by atoms with Crippen molar-refractivity contribution in [3.8, 4) is 0 Å². The van der Waals surface area contributed by atoms with Crippen molar-refractivity contribution in [2.75, 3.05) is 0 Å². The van der Waals surface area contributed by atoms with Crippen LogP contribution in [0.2, 0.25) is 10.0 Å². The number of rotatable bonds is 1. The van der Waals surface area contributed by atoms with Crippen molar-refractivity contribution in [2.45, 2.75) is 17.9 Å². The Labute approximate surface area is 89.8 Å². The monoisotopic (exact) mass is 237 g/mol. The van der Waals surface area contributed by atoms with E-state index in [0.717, 1.165) is 0 Å². The van der Waals surface area contributed by atoms with E-state index < -0.39 is 11.5 Å². The van der Waals surface area contributed by atoms with Gasteiger partial charge in [-0.1, -0.05) is 23.2 Å². The first kappa shape index (κ1) is 10.1. The van der Waals surface area contributed by atoms with Crippen LogP contribution in [0.1, 0.15) is 12.0 Å². The minimum atomic E-state index is -2.87. The summed E-state index contributed by atoms with van der Waals surface area (Å²) in [7, 11) is 0. The van der Waals surface area contributed by atoms with Crippen molar-refractivity contribution in [2.24, 2.45) is 5.73 Å². The van der Waals surface area contributed by atoms with Gasteiger partial charge in [-0.3, -0.25) is 0 Å². The molecule has 1 fully saturated rings. The van der Waals surface area contributed by atoms with Crippen LogP contribution in [0.15, 0.2) is 18.2 Å². The number of alkyl halides is 2. The van der Waals surface area contributed by atoms with Crippen molar-refractivity contribution >= 4 is 23.2 Å². The van der Waals surface area contributed by atoms with E-state index in [9.17, 15) is 8.78 Å². The smallest absolute Gasteiger partial charge is 0.272 e. The van der Waals surface area contributed by atoms with E-state index >= 15 is 0 Å². The third-order valence-electron chi connectivity index (χ3n) is 2.44. The molecule has 5 heteroatoms. The van der Waals surface area contributed by atoms with Crippen LogP contribution in [0.3, 0.4) is 0 Å². The third kappa shape index (κ3) is 1.31. The molecular weight excluding hydrogens is 231 g/mol. The first-order valence-corrected chi connectivity index (χ1v) is 4.75. The zero-order valence-electron chi connectivity index (χ0n) is 7.03. The van der Waals surface area contributed by atoms with Gasteiger partial charge in [0.1, 0.15) is 5.54 Å². The number of halogens is 4. The van der Waals surface area contributed by atoms with Crippen LogP contribution in [-0.4, -0.2) is 5.92 Å². The maximum absolute atomic E-state index is 13.0. The predicted octanol–water partition coefficient (Wildman–Crippen LogP) is 3.19. The normalized spacial score (nSPS) is 28.9. The van der Waals surface area contributed by atoms with Gasteiger partial charge in [-0.15, -0.1) is 0 Å². The number of hydrogen-bond donors (Lipinski definition) is 1. The second-order valence-corrected chi connectivity index (χ2v) is 4.32. The van der Waals surface area contributed by atoms with Gasteiger partial charge >= 0.3 is 0 Å². The molecule has 1 aromatic carbocycles. The molecule has 2 N–H and O–H groups in total. The molecule has 76 valence electrons. The maximum Gasteiger partial charge on any atom is 0.272 e. The Morgan fingerprint density at radius 3 is 2.36 bits per heavy atom. The summed E-state index contributed by atoms with van der Waals surface area (Å²) in [6.45, 7) is 0. The van der Waals surface area contributed by atoms with Crippen LogP contribution in [0.4, 0.5) is 8.78 Å². The van der Waals surface area contributed by atoms with E-state index in [-0.39, 0.29) is 17.0 Å². The van der Waals surface area contributed by atoms with Gasteiger partial charge in [-0.05, 0) is 23.8 Å². The van der Waals surface area contributed by atoms with Gasteiger partial charge in [0.25, 0.3) is 5.92 Å². The summed E-state index contributed by atoms with van der Waals surface area (Å²) in [5, 5.41) is 0.589. The first-order valence-electron chi connectivity index (χ1n) is 3.99. The van der Waals surface area contributed by atoms with Crippen molar-refractivity contribution < 1.29 is 8.78 Å². The second kappa shape index (κ2) is 2.81. The molecule has 0 saturated heterocycles. The summed E-state index contributed by atoms with van der Waals surface area (Å²) >= 11 is 11.5. The highest BCUT2D eigenvalue weighted by Gasteiger charge is 2.70. The van der Waals surface area contributed by atoms with Gasteiger partial charge in [0.2, 0.25) is 0 Å². The number of benzene rings is 1. The van der Waals surface area contributed by atoms with Crippen LogP contribution in [-0.2, 0) is 5.54 Å². The Morgan fingerprint density at radius 1 is 1.29 bits per heavy atom. The maximum atomic E-state index is 13.0. The Balaban J connectivity index is 2.48. The zero-order chi connectivity index (χ0) is 10.6. The van der Waals surface area contributed by atoms with E-state index in [4.69, 9.17) is 28.9 Å². The fourth-order valence-corrected chi connectivity index (χ4v) is 1.90. The standard InChI is InChI=1S/C9H7Cl2F2N/c10-5-1-2-7(11)6(3-5)8(14)4-9(8,12)13/h1-3H,4,14H2. The van der Waals surface area contributed by atoms with Crippen molar-refractivity contribution in [3.05, 3.63) is 33.8 Å². The summed E-state index contributed by atoms with van der Waals surface area (Å²) in [6.07, 6.45) is -0.375. The molecule has 1 unspecified atom stereocenters. The molecule has 1 aliphatic rings. The summed E-state index contributed by atoms with van der Waals surface area (Å²) < 4.78 is 25.9. The highest BCUT2D eigenvalue weighted by Crippen LogP contribution is 2.59. The molecule has 0 amide bonds. The molecular formula is C9H7Cl2F2N. The van der Waals surface area contributed by atoms with E-state index in [2.05, 4.69) is 0 Å². The Morgan fingerprint density at radius 2 is 1.86 bits per heavy atom. The Bertz CT molecular complexity index is 394. The number of nitrogens with two attached hydrogens (primary N) is 1. The van der Waals surface area contributed by atoms with Crippen LogP contribution in [0, 0.1) is 0 Å². The quantitative estimate of drug-likeness (QED) is 0.798. The second-order valence-electron chi connectivity index (χ2n) is 3.48. The van der Waals surface area contributed by atoms with Gasteiger partial charge in [-0.2, -0.15) is 0 Å². The summed E-state index contributed by atoms with van der Waals surface area (Å²) in [5.41, 5.74) is 4.11. The molecule has 2 rings (SSSR count). The van der Waals surface area contributed by atoms with Gasteiger partial charge in [-0.25, -0.2) is 8.78 Å². The fourth-order valence-electron chi connectivity index (χ4n) is 1.44. The molecule has 0 spiro atoms. The average Bonchev–Trinajstić information content (AvgIpc) is 2.58. The Kier molecular flexibility index (Phi) is 2.04. The molecule has 0 aromatic heterocycles. The summed E-state index contributed by atoms with van der Waals surface area (Å²) in [4.78, 5) is 0. The van der Waals surface area contributed by atoms with Crippen LogP contribution in [0.25, 0.3) is 0 Å². The third-order valence-corrected chi connectivity index (χ3v) is 3.00. The first-order chi connectivity index (χ1) is 6.37. The largest absolute Gasteiger partial charge is 0.316 e. The minimum absolute atomic E-state index is 0.219. The lowest BCUT2D eigenvalue weighted by Gasteiger charge is -2.12. The number of hydrogen-bond acceptors (Lipinski definition) is 1. The topological polar surface area (TPSA) is 26.0 Å². The Hall–Kier alpha value is -0.380. The van der Waals surface area contributed by atoms with Gasteiger partial charge in [0.05, 0.1) is 0 Å². The van der Waals surface area contributed by atoms with Crippen LogP contribution >= 0.6 is 23.2 Å². The lowest BCUT2D eigenvalue weighted by molar-refractivity contribution is 0.0891. The molecule has 1 aliphatic carbocycles. The van der Waals surface area contributed by atoms with Crippen LogP contribution < -0.4 is 5.73 Å². The zero-order valence-corrected chi connectivity index (χ0v) is 8.54. The lowest BCUT2D eigenvalue weighted by atomic mass is 10.1. The average molecular weight is 238 g/mol. The molecule has 1 atom stereocenters. The van der Waals surface area contributed by atoms with E-state index in [1.54, 1.807) is 0 Å². The minimum Gasteiger partial charge on any atom is -0.316 e. The highest BCUT2D eigenvalue weighted by atomic mass is 35.5. The van der Waals surface area contributed by atoms with Crippen molar-refractivity contribution in [1.29, 1.82) is 0 Å². The van der Waals surface area contributed by atoms with Gasteiger partial charge in [0, 0.05) is 16.5 Å². The molecule has 14 heavy (non-hydrogen) atoms. The molecule has 1 nitrogen and oxygen atoms in total. The SMILES string of the molecule is NC1(c2cc(Cl)ccc2Cl)CC1(F)F. The molecule has 0 aliphatic heterocycles. The van der Waals surface area contributed by atoms with Crippen molar-refractivity contribution in [1.82, 2.24) is 0 Å². The van der Waals surface area contributed by atoms with E-state index in [1.165, 1.54) is 18.2 Å². The van der Waals surface area contributed by atoms with Crippen LogP contribution in [0.5, 0.6) is 0 Å². The predicted molar refractivity (Wildman–Crippen MR) is 51.9 cm³/mol. The molecule has 0 heterocycles. The fraction of sp³-hybridized carbons (Fsp3) is 0.333. The molecule has 1 aromatic rings. The molecule has 0 bridgehead atoms. The van der Waals surface area contributed by atoms with Gasteiger partial charge in [0.15, 0.2) is 0 Å². The summed E-state index contributed by atoms with van der Waals surface area (Å²) in [6, 6.07) is 4.41. The van der Waals surface area contributed by atoms with E-state index in [1.807, 2.05) is 0 Å². The summed E-state index contributed by atoms with van der Waals surface area (Å²) in [5.74, 6) is -2.87. The highest BCUT2D eigenvalue weighted by molar-refractivity contribution is 6.33. The van der Waals surface area contributed by atoms with Gasteiger partial charge < -0.3 is 5.73 Å². The molecule has 0 radical (unpaired) electrons. The molecule has 1 saturated carbocycles.